The Morgan fingerprint density at radius 1 is 1.71 bits per heavy atom. The number of carbonyl (C=O) groups is 1. The highest BCUT2D eigenvalue weighted by atomic mass is 32.2. The Morgan fingerprint density at radius 2 is 2.50 bits per heavy atom. The first kappa shape index (κ1) is 11.9. The number of thioether (sulfide) groups is 1. The third-order valence-corrected chi connectivity index (χ3v) is 3.22. The van der Waals surface area contributed by atoms with Crippen LogP contribution in [0.2, 0.25) is 0 Å². The quantitative estimate of drug-likeness (QED) is 0.716. The molecular weight excluding hydrogens is 196 g/mol. The van der Waals surface area contributed by atoms with E-state index in [0.29, 0.717) is 6.04 Å². The highest BCUT2D eigenvalue weighted by Crippen LogP contribution is 2.08. The lowest BCUT2D eigenvalue weighted by atomic mass is 10.1. The zero-order chi connectivity index (χ0) is 10.4. The van der Waals surface area contributed by atoms with E-state index in [1.165, 1.54) is 0 Å². The first-order chi connectivity index (χ1) is 6.74. The van der Waals surface area contributed by atoms with Gasteiger partial charge >= 0.3 is 0 Å². The molecule has 0 aromatic carbocycles. The number of rotatable bonds is 5. The number of carbonyl (C=O) groups excluding carboxylic acids is 1. The van der Waals surface area contributed by atoms with Crippen LogP contribution in [0.15, 0.2) is 0 Å². The number of nitrogens with one attached hydrogen (secondary N) is 2. The third-order valence-electron chi connectivity index (χ3n) is 2.57. The van der Waals surface area contributed by atoms with E-state index in [-0.39, 0.29) is 11.8 Å². The molecule has 1 heterocycles. The molecule has 2 unspecified atom stereocenters. The average Bonchev–Trinajstić information content (AvgIpc) is 2.67. The van der Waals surface area contributed by atoms with Gasteiger partial charge in [0.2, 0.25) is 5.91 Å². The Kier molecular flexibility index (Phi) is 5.33. The van der Waals surface area contributed by atoms with Crippen LogP contribution in [0.4, 0.5) is 0 Å². The summed E-state index contributed by atoms with van der Waals surface area (Å²) >= 11 is 1.83. The minimum absolute atomic E-state index is 0.201. The molecule has 82 valence electrons. The molecule has 0 aliphatic carbocycles. The normalized spacial score (nSPS) is 23.4. The smallest absolute Gasteiger partial charge is 0.224 e. The van der Waals surface area contributed by atoms with Gasteiger partial charge in [0.1, 0.15) is 0 Å². The number of hydrogen-bond donors (Lipinski definition) is 2. The molecule has 4 heteroatoms. The molecule has 0 bridgehead atoms. The van der Waals surface area contributed by atoms with Crippen molar-refractivity contribution in [1.82, 2.24) is 10.6 Å². The number of amides is 1. The Morgan fingerprint density at radius 3 is 3.07 bits per heavy atom. The maximum atomic E-state index is 11.7. The summed E-state index contributed by atoms with van der Waals surface area (Å²) in [5, 5.41) is 6.27. The molecule has 1 amide bonds. The van der Waals surface area contributed by atoms with E-state index in [1.54, 1.807) is 0 Å². The van der Waals surface area contributed by atoms with Crippen molar-refractivity contribution in [2.45, 2.75) is 25.8 Å². The fourth-order valence-electron chi connectivity index (χ4n) is 1.61. The highest BCUT2D eigenvalue weighted by Gasteiger charge is 2.22. The predicted octanol–water partition coefficient (Wildman–Crippen LogP) is 0.854. The van der Waals surface area contributed by atoms with Gasteiger partial charge in [-0.05, 0) is 38.3 Å². The maximum absolute atomic E-state index is 11.7. The Balaban J connectivity index is 2.18. The molecule has 2 N–H and O–H groups in total. The average molecular weight is 216 g/mol. The van der Waals surface area contributed by atoms with E-state index < -0.39 is 0 Å². The lowest BCUT2D eigenvalue weighted by molar-refractivity contribution is -0.125. The summed E-state index contributed by atoms with van der Waals surface area (Å²) in [6.45, 7) is 3.91. The van der Waals surface area contributed by atoms with E-state index in [2.05, 4.69) is 23.8 Å². The van der Waals surface area contributed by atoms with Gasteiger partial charge in [0.25, 0.3) is 0 Å². The molecule has 1 fully saturated rings. The van der Waals surface area contributed by atoms with E-state index in [0.717, 1.165) is 31.7 Å². The molecule has 0 aromatic heterocycles. The minimum atomic E-state index is 0.201. The lowest BCUT2D eigenvalue weighted by Gasteiger charge is -2.16. The summed E-state index contributed by atoms with van der Waals surface area (Å²) < 4.78 is 0. The van der Waals surface area contributed by atoms with Gasteiger partial charge in [-0.2, -0.15) is 11.8 Å². The summed E-state index contributed by atoms with van der Waals surface area (Å²) in [7, 11) is 0. The summed E-state index contributed by atoms with van der Waals surface area (Å²) in [5.41, 5.74) is 0. The molecule has 0 radical (unpaired) electrons. The highest BCUT2D eigenvalue weighted by molar-refractivity contribution is 7.98. The van der Waals surface area contributed by atoms with Crippen molar-refractivity contribution in [3.63, 3.8) is 0 Å². The van der Waals surface area contributed by atoms with Crippen molar-refractivity contribution in [1.29, 1.82) is 0 Å². The van der Waals surface area contributed by atoms with E-state index in [1.807, 2.05) is 11.8 Å². The second kappa shape index (κ2) is 6.30. The molecule has 0 aromatic rings. The van der Waals surface area contributed by atoms with Crippen molar-refractivity contribution < 1.29 is 4.79 Å². The van der Waals surface area contributed by atoms with Gasteiger partial charge in [-0.1, -0.05) is 0 Å². The van der Waals surface area contributed by atoms with Crippen LogP contribution in [0.3, 0.4) is 0 Å². The molecule has 1 aliphatic heterocycles. The van der Waals surface area contributed by atoms with Gasteiger partial charge in [0, 0.05) is 12.6 Å². The van der Waals surface area contributed by atoms with Gasteiger partial charge in [-0.25, -0.2) is 0 Å². The fraction of sp³-hybridized carbons (Fsp3) is 0.900. The van der Waals surface area contributed by atoms with Crippen molar-refractivity contribution in [3.8, 4) is 0 Å². The van der Waals surface area contributed by atoms with Crippen LogP contribution >= 0.6 is 11.8 Å². The molecule has 3 nitrogen and oxygen atoms in total. The summed E-state index contributed by atoms with van der Waals surface area (Å²) in [6.07, 6.45) is 4.14. The second-order valence-electron chi connectivity index (χ2n) is 3.88. The Bertz CT molecular complexity index is 181. The van der Waals surface area contributed by atoms with Gasteiger partial charge in [0.05, 0.1) is 5.92 Å². The van der Waals surface area contributed by atoms with Gasteiger partial charge in [-0.3, -0.25) is 4.79 Å². The SMILES string of the molecule is CSCCC(C)NC(=O)C1CCNC1. The minimum Gasteiger partial charge on any atom is -0.353 e. The Hall–Kier alpha value is -0.220. The Labute approximate surface area is 90.4 Å². The molecule has 0 spiro atoms. The first-order valence-corrected chi connectivity index (χ1v) is 6.63. The van der Waals surface area contributed by atoms with E-state index >= 15 is 0 Å². The monoisotopic (exact) mass is 216 g/mol. The van der Waals surface area contributed by atoms with E-state index in [4.69, 9.17) is 0 Å². The molecule has 0 saturated carbocycles. The molecular formula is C10H20N2OS. The molecule has 1 rings (SSSR count). The van der Waals surface area contributed by atoms with Crippen molar-refractivity contribution in [2.75, 3.05) is 25.1 Å². The van der Waals surface area contributed by atoms with Crippen LogP contribution in [-0.4, -0.2) is 37.0 Å². The van der Waals surface area contributed by atoms with Crippen LogP contribution in [0.25, 0.3) is 0 Å². The zero-order valence-electron chi connectivity index (χ0n) is 9.01. The predicted molar refractivity (Wildman–Crippen MR) is 61.6 cm³/mol. The molecule has 2 atom stereocenters. The lowest BCUT2D eigenvalue weighted by Crippen LogP contribution is -2.38. The largest absolute Gasteiger partial charge is 0.353 e. The molecule has 1 aliphatic rings. The molecule has 14 heavy (non-hydrogen) atoms. The fourth-order valence-corrected chi connectivity index (χ4v) is 2.20. The van der Waals surface area contributed by atoms with Crippen LogP contribution in [0, 0.1) is 5.92 Å². The second-order valence-corrected chi connectivity index (χ2v) is 4.87. The standard InChI is InChI=1S/C10H20N2OS/c1-8(4-6-14-2)12-10(13)9-3-5-11-7-9/h8-9,11H,3-7H2,1-2H3,(H,12,13). The summed E-state index contributed by atoms with van der Waals surface area (Å²) in [4.78, 5) is 11.7. The van der Waals surface area contributed by atoms with Crippen molar-refractivity contribution in [3.05, 3.63) is 0 Å². The van der Waals surface area contributed by atoms with Gasteiger partial charge < -0.3 is 10.6 Å². The summed E-state index contributed by atoms with van der Waals surface area (Å²) in [5.74, 6) is 1.54. The van der Waals surface area contributed by atoms with Crippen LogP contribution in [0.5, 0.6) is 0 Å². The maximum Gasteiger partial charge on any atom is 0.224 e. The van der Waals surface area contributed by atoms with Crippen LogP contribution < -0.4 is 10.6 Å². The third kappa shape index (κ3) is 3.88. The van der Waals surface area contributed by atoms with Gasteiger partial charge in [0.15, 0.2) is 0 Å². The van der Waals surface area contributed by atoms with Crippen molar-refractivity contribution >= 4 is 17.7 Å². The van der Waals surface area contributed by atoms with Crippen LogP contribution in [-0.2, 0) is 4.79 Å². The zero-order valence-corrected chi connectivity index (χ0v) is 9.82. The van der Waals surface area contributed by atoms with Crippen molar-refractivity contribution in [2.24, 2.45) is 5.92 Å². The van der Waals surface area contributed by atoms with Gasteiger partial charge in [-0.15, -0.1) is 0 Å². The molecule has 1 saturated heterocycles. The van der Waals surface area contributed by atoms with E-state index in [9.17, 15) is 4.79 Å². The topological polar surface area (TPSA) is 41.1 Å². The summed E-state index contributed by atoms with van der Waals surface area (Å²) in [6, 6.07) is 0.315. The number of hydrogen-bond acceptors (Lipinski definition) is 3. The first-order valence-electron chi connectivity index (χ1n) is 5.24. The van der Waals surface area contributed by atoms with Crippen LogP contribution in [0.1, 0.15) is 19.8 Å².